The highest BCUT2D eigenvalue weighted by atomic mass is 16.4. The molecule has 0 aliphatic carbocycles. The number of carbonyl (C=O) groups is 2. The van der Waals surface area contributed by atoms with Gasteiger partial charge in [-0.15, -0.1) is 0 Å². The minimum Gasteiger partial charge on any atom is -0.475 e. The number of aromatic carboxylic acids is 1. The highest BCUT2D eigenvalue weighted by molar-refractivity contribution is 5.95. The summed E-state index contributed by atoms with van der Waals surface area (Å²) in [6.45, 7) is 3.01. The Hall–Kier alpha value is -2.34. The molecule has 0 unspecified atom stereocenters. The molecule has 1 heterocycles. The molecule has 1 aromatic carbocycles. The van der Waals surface area contributed by atoms with Crippen molar-refractivity contribution in [2.75, 3.05) is 13.1 Å². The Labute approximate surface area is 122 Å². The molecule has 3 N–H and O–H groups in total. The van der Waals surface area contributed by atoms with Crippen molar-refractivity contribution in [1.82, 2.24) is 10.6 Å². The molecule has 21 heavy (non-hydrogen) atoms. The first kappa shape index (κ1) is 15.1. The molecular formula is C15H18N2O4. The number of carbonyl (C=O) groups excluding carboxylic acids is 1. The number of benzene rings is 1. The summed E-state index contributed by atoms with van der Waals surface area (Å²) >= 11 is 0. The van der Waals surface area contributed by atoms with Gasteiger partial charge in [0, 0.05) is 24.0 Å². The van der Waals surface area contributed by atoms with E-state index in [1.165, 1.54) is 0 Å². The number of rotatable bonds is 7. The van der Waals surface area contributed by atoms with Crippen molar-refractivity contribution in [3.05, 3.63) is 35.6 Å². The van der Waals surface area contributed by atoms with Crippen LogP contribution in [-0.4, -0.2) is 30.1 Å². The Morgan fingerprint density at radius 3 is 2.76 bits per heavy atom. The number of carboxylic acid groups (broad SMARTS) is 1. The van der Waals surface area contributed by atoms with E-state index < -0.39 is 5.97 Å². The van der Waals surface area contributed by atoms with Gasteiger partial charge in [0.25, 0.3) is 0 Å². The molecule has 0 saturated heterocycles. The Balaban J connectivity index is 2.08. The SMILES string of the molecule is CCCNC(=O)CNCc1c(C(=O)O)oc2ccccc12. The maximum absolute atomic E-state index is 11.5. The summed E-state index contributed by atoms with van der Waals surface area (Å²) in [5.74, 6) is -1.31. The van der Waals surface area contributed by atoms with Gasteiger partial charge >= 0.3 is 5.97 Å². The molecule has 0 aliphatic heterocycles. The van der Waals surface area contributed by atoms with Crippen LogP contribution in [0.15, 0.2) is 28.7 Å². The number of furan rings is 1. The molecule has 2 aromatic rings. The van der Waals surface area contributed by atoms with E-state index in [1.807, 2.05) is 13.0 Å². The first-order valence-corrected chi connectivity index (χ1v) is 6.84. The Kier molecular flexibility index (Phi) is 4.94. The van der Waals surface area contributed by atoms with Crippen LogP contribution in [0, 0.1) is 0 Å². The Bertz CT molecular complexity index is 648. The largest absolute Gasteiger partial charge is 0.475 e. The molecule has 0 saturated carbocycles. The van der Waals surface area contributed by atoms with Crippen molar-refractivity contribution in [2.24, 2.45) is 0 Å². The third-order valence-electron chi connectivity index (χ3n) is 3.05. The average Bonchev–Trinajstić information content (AvgIpc) is 2.84. The summed E-state index contributed by atoms with van der Waals surface area (Å²) in [6.07, 6.45) is 0.876. The van der Waals surface area contributed by atoms with E-state index in [2.05, 4.69) is 10.6 Å². The molecule has 112 valence electrons. The monoisotopic (exact) mass is 290 g/mol. The molecule has 0 aliphatic rings. The van der Waals surface area contributed by atoms with Gasteiger partial charge in [0.15, 0.2) is 0 Å². The van der Waals surface area contributed by atoms with Crippen molar-refractivity contribution in [3.63, 3.8) is 0 Å². The maximum Gasteiger partial charge on any atom is 0.372 e. The van der Waals surface area contributed by atoms with Gasteiger partial charge in [0.2, 0.25) is 11.7 Å². The van der Waals surface area contributed by atoms with Crippen molar-refractivity contribution >= 4 is 22.8 Å². The first-order chi connectivity index (χ1) is 10.1. The second kappa shape index (κ2) is 6.90. The number of amides is 1. The maximum atomic E-state index is 11.5. The topological polar surface area (TPSA) is 91.6 Å². The Morgan fingerprint density at radius 2 is 2.05 bits per heavy atom. The van der Waals surface area contributed by atoms with Crippen LogP contribution in [0.3, 0.4) is 0 Å². The summed E-state index contributed by atoms with van der Waals surface area (Å²) in [5.41, 5.74) is 1.09. The van der Waals surface area contributed by atoms with E-state index in [1.54, 1.807) is 18.2 Å². The number of carboxylic acids is 1. The standard InChI is InChI=1S/C15H18N2O4/c1-2-7-17-13(18)9-16-8-11-10-5-3-4-6-12(10)21-14(11)15(19)20/h3-6,16H,2,7-9H2,1H3,(H,17,18)(H,19,20). The van der Waals surface area contributed by atoms with E-state index in [0.29, 0.717) is 17.7 Å². The lowest BCUT2D eigenvalue weighted by atomic mass is 10.1. The van der Waals surface area contributed by atoms with Crippen molar-refractivity contribution < 1.29 is 19.1 Å². The van der Waals surface area contributed by atoms with Crippen molar-refractivity contribution in [3.8, 4) is 0 Å². The van der Waals surface area contributed by atoms with E-state index in [-0.39, 0.29) is 24.8 Å². The lowest BCUT2D eigenvalue weighted by molar-refractivity contribution is -0.120. The van der Waals surface area contributed by atoms with Crippen molar-refractivity contribution in [1.29, 1.82) is 0 Å². The molecule has 0 spiro atoms. The lowest BCUT2D eigenvalue weighted by Crippen LogP contribution is -2.34. The molecule has 0 radical (unpaired) electrons. The fraction of sp³-hybridized carbons (Fsp3) is 0.333. The second-order valence-corrected chi connectivity index (χ2v) is 4.66. The summed E-state index contributed by atoms with van der Waals surface area (Å²) in [4.78, 5) is 22.7. The highest BCUT2D eigenvalue weighted by Crippen LogP contribution is 2.25. The van der Waals surface area contributed by atoms with Crippen LogP contribution in [0.1, 0.15) is 29.5 Å². The van der Waals surface area contributed by atoms with Crippen LogP contribution < -0.4 is 10.6 Å². The zero-order valence-corrected chi connectivity index (χ0v) is 11.8. The number of para-hydroxylation sites is 1. The smallest absolute Gasteiger partial charge is 0.372 e. The quantitative estimate of drug-likeness (QED) is 0.722. The average molecular weight is 290 g/mol. The van der Waals surface area contributed by atoms with E-state index in [4.69, 9.17) is 4.42 Å². The molecule has 0 bridgehead atoms. The van der Waals surface area contributed by atoms with Gasteiger partial charge in [-0.2, -0.15) is 0 Å². The lowest BCUT2D eigenvalue weighted by Gasteiger charge is -2.05. The molecule has 6 nitrogen and oxygen atoms in total. The molecule has 2 rings (SSSR count). The summed E-state index contributed by atoms with van der Waals surface area (Å²) in [5, 5.41) is 15.6. The summed E-state index contributed by atoms with van der Waals surface area (Å²) in [6, 6.07) is 7.13. The van der Waals surface area contributed by atoms with Crippen LogP contribution in [0.5, 0.6) is 0 Å². The van der Waals surface area contributed by atoms with Crippen LogP contribution in [0.4, 0.5) is 0 Å². The van der Waals surface area contributed by atoms with Crippen molar-refractivity contribution in [2.45, 2.75) is 19.9 Å². The number of nitrogens with one attached hydrogen (secondary N) is 2. The van der Waals surface area contributed by atoms with Gasteiger partial charge in [-0.05, 0) is 12.5 Å². The number of hydrogen-bond acceptors (Lipinski definition) is 4. The molecule has 1 amide bonds. The summed E-state index contributed by atoms with van der Waals surface area (Å²) < 4.78 is 5.34. The predicted molar refractivity (Wildman–Crippen MR) is 78.2 cm³/mol. The fourth-order valence-electron chi connectivity index (χ4n) is 2.08. The van der Waals surface area contributed by atoms with E-state index >= 15 is 0 Å². The molecular weight excluding hydrogens is 272 g/mol. The van der Waals surface area contributed by atoms with Crippen LogP contribution in [-0.2, 0) is 11.3 Å². The zero-order valence-electron chi connectivity index (χ0n) is 11.8. The molecule has 6 heteroatoms. The van der Waals surface area contributed by atoms with E-state index in [9.17, 15) is 14.7 Å². The molecule has 0 atom stereocenters. The Morgan fingerprint density at radius 1 is 1.29 bits per heavy atom. The molecule has 1 aromatic heterocycles. The normalized spacial score (nSPS) is 10.7. The van der Waals surface area contributed by atoms with Gasteiger partial charge in [-0.1, -0.05) is 25.1 Å². The van der Waals surface area contributed by atoms with Crippen LogP contribution >= 0.6 is 0 Å². The fourth-order valence-corrected chi connectivity index (χ4v) is 2.08. The molecule has 0 fully saturated rings. The minimum absolute atomic E-state index is 0.0855. The van der Waals surface area contributed by atoms with Gasteiger partial charge in [0.1, 0.15) is 5.58 Å². The van der Waals surface area contributed by atoms with Gasteiger partial charge in [0.05, 0.1) is 6.54 Å². The van der Waals surface area contributed by atoms with Crippen LogP contribution in [0.25, 0.3) is 11.0 Å². The third kappa shape index (κ3) is 3.61. The minimum atomic E-state index is -1.11. The number of fused-ring (bicyclic) bond motifs is 1. The second-order valence-electron chi connectivity index (χ2n) is 4.66. The first-order valence-electron chi connectivity index (χ1n) is 6.84. The predicted octanol–water partition coefficient (Wildman–Crippen LogP) is 1.75. The van der Waals surface area contributed by atoms with Crippen LogP contribution in [0.2, 0.25) is 0 Å². The highest BCUT2D eigenvalue weighted by Gasteiger charge is 2.19. The van der Waals surface area contributed by atoms with Gasteiger partial charge in [-0.25, -0.2) is 4.79 Å². The van der Waals surface area contributed by atoms with Gasteiger partial charge < -0.3 is 20.2 Å². The van der Waals surface area contributed by atoms with Gasteiger partial charge in [-0.3, -0.25) is 4.79 Å². The number of hydrogen-bond donors (Lipinski definition) is 3. The summed E-state index contributed by atoms with van der Waals surface area (Å²) in [7, 11) is 0. The van der Waals surface area contributed by atoms with E-state index in [0.717, 1.165) is 11.8 Å². The third-order valence-corrected chi connectivity index (χ3v) is 3.05. The zero-order chi connectivity index (χ0) is 15.2.